The van der Waals surface area contributed by atoms with Crippen molar-refractivity contribution in [2.75, 3.05) is 11.1 Å². The lowest BCUT2D eigenvalue weighted by atomic mass is 9.97. The third kappa shape index (κ3) is 4.11. The Bertz CT molecular complexity index is 1670. The van der Waals surface area contributed by atoms with E-state index in [0.29, 0.717) is 21.6 Å². The van der Waals surface area contributed by atoms with Crippen molar-refractivity contribution in [3.63, 3.8) is 0 Å². The van der Waals surface area contributed by atoms with Gasteiger partial charge in [0.15, 0.2) is 5.16 Å². The topological polar surface area (TPSA) is 81.3 Å². The Labute approximate surface area is 220 Å². The molecule has 6 rings (SSSR count). The molecule has 0 unspecified atom stereocenters. The van der Waals surface area contributed by atoms with E-state index in [4.69, 9.17) is 11.6 Å². The molecule has 182 valence electrons. The molecule has 1 N–H and O–H groups in total. The van der Waals surface area contributed by atoms with E-state index in [2.05, 4.69) is 15.5 Å². The third-order valence-electron chi connectivity index (χ3n) is 6.34. The summed E-state index contributed by atoms with van der Waals surface area (Å²) in [4.78, 5) is 28.6. The van der Waals surface area contributed by atoms with Crippen molar-refractivity contribution in [1.29, 1.82) is 0 Å². The van der Waals surface area contributed by atoms with Crippen molar-refractivity contribution in [2.45, 2.75) is 37.8 Å². The van der Waals surface area contributed by atoms with Gasteiger partial charge >= 0.3 is 0 Å². The summed E-state index contributed by atoms with van der Waals surface area (Å²) in [6.45, 7) is 2.02. The van der Waals surface area contributed by atoms with E-state index in [9.17, 15) is 9.59 Å². The zero-order chi connectivity index (χ0) is 24.8. The Kier molecular flexibility index (Phi) is 6.07. The zero-order valence-corrected chi connectivity index (χ0v) is 21.8. The van der Waals surface area contributed by atoms with Gasteiger partial charge in [0.25, 0.3) is 5.56 Å². The molecule has 1 aliphatic rings. The summed E-state index contributed by atoms with van der Waals surface area (Å²) in [6, 6.07) is 14.8. The normalized spacial score (nSPS) is 13.3. The van der Waals surface area contributed by atoms with Crippen LogP contribution in [0.15, 0.2) is 58.5 Å². The van der Waals surface area contributed by atoms with Crippen molar-refractivity contribution in [2.24, 2.45) is 0 Å². The maximum absolute atomic E-state index is 13.9. The monoisotopic (exact) mass is 535 g/mol. The number of hydrogen-bond acceptors (Lipinski definition) is 6. The van der Waals surface area contributed by atoms with Gasteiger partial charge in [0, 0.05) is 15.6 Å². The number of carbonyl (C=O) groups excluding carboxylic acids is 1. The molecule has 0 atom stereocenters. The van der Waals surface area contributed by atoms with Crippen LogP contribution in [-0.2, 0) is 17.6 Å². The van der Waals surface area contributed by atoms with E-state index >= 15 is 0 Å². The Morgan fingerprint density at radius 3 is 2.61 bits per heavy atom. The Morgan fingerprint density at radius 1 is 1.08 bits per heavy atom. The van der Waals surface area contributed by atoms with Crippen LogP contribution in [0.1, 0.15) is 28.8 Å². The highest BCUT2D eigenvalue weighted by Crippen LogP contribution is 2.36. The first kappa shape index (κ1) is 23.3. The lowest BCUT2D eigenvalue weighted by molar-refractivity contribution is -0.113. The van der Waals surface area contributed by atoms with Crippen LogP contribution in [0.3, 0.4) is 0 Å². The Morgan fingerprint density at radius 2 is 1.83 bits per heavy atom. The van der Waals surface area contributed by atoms with Crippen LogP contribution in [0.4, 0.5) is 5.69 Å². The standard InChI is InChI=1S/C26H22ClN5O2S2/c1-15-6-12-18(13-7-15)31-23(34)22-19-4-2-3-5-20(19)36-24(22)32-25(31)29-30-26(32)35-14-21(33)28-17-10-8-16(27)9-11-17/h6-13H,2-5,14H2,1H3,(H,28,33). The SMILES string of the molecule is Cc1ccc(-n2c(=O)c3c4c(sc3n3c(SCC(=O)Nc5ccc(Cl)cc5)nnc23)CCCC4)cc1. The van der Waals surface area contributed by atoms with E-state index < -0.39 is 0 Å². The first-order valence-electron chi connectivity index (χ1n) is 11.7. The van der Waals surface area contributed by atoms with E-state index in [1.807, 2.05) is 35.6 Å². The number of fused-ring (bicyclic) bond motifs is 5. The molecule has 10 heteroatoms. The first-order chi connectivity index (χ1) is 17.5. The summed E-state index contributed by atoms with van der Waals surface area (Å²) in [5.74, 6) is 0.447. The van der Waals surface area contributed by atoms with Crippen LogP contribution in [-0.4, -0.2) is 30.8 Å². The van der Waals surface area contributed by atoms with Crippen LogP contribution in [0.2, 0.25) is 5.02 Å². The molecule has 1 aliphatic carbocycles. The number of thiophene rings is 1. The molecule has 7 nitrogen and oxygen atoms in total. The molecule has 0 aliphatic heterocycles. The van der Waals surface area contributed by atoms with Crippen molar-refractivity contribution >= 4 is 62.3 Å². The average Bonchev–Trinajstić information content (AvgIpc) is 3.47. The minimum absolute atomic E-state index is 0.0646. The van der Waals surface area contributed by atoms with E-state index in [0.717, 1.165) is 52.7 Å². The second-order valence-corrected chi connectivity index (χ2v) is 11.3. The molecular weight excluding hydrogens is 514 g/mol. The summed E-state index contributed by atoms with van der Waals surface area (Å²) in [5, 5.41) is 13.7. The second kappa shape index (κ2) is 9.38. The van der Waals surface area contributed by atoms with Crippen molar-refractivity contribution < 1.29 is 4.79 Å². The number of aromatic nitrogens is 4. The smallest absolute Gasteiger partial charge is 0.268 e. The largest absolute Gasteiger partial charge is 0.325 e. The minimum Gasteiger partial charge on any atom is -0.325 e. The molecule has 3 heterocycles. The number of thioether (sulfide) groups is 1. The van der Waals surface area contributed by atoms with Gasteiger partial charge in [-0.05, 0) is 74.6 Å². The first-order valence-corrected chi connectivity index (χ1v) is 13.9. The number of benzene rings is 2. The fourth-order valence-corrected chi connectivity index (χ4v) is 6.89. The quantitative estimate of drug-likeness (QED) is 0.293. The molecule has 5 aromatic rings. The van der Waals surface area contributed by atoms with Gasteiger partial charge in [-0.15, -0.1) is 21.5 Å². The molecule has 1 amide bonds. The number of hydrogen-bond donors (Lipinski definition) is 1. The Balaban J connectivity index is 1.44. The highest BCUT2D eigenvalue weighted by Gasteiger charge is 2.25. The number of amides is 1. The van der Waals surface area contributed by atoms with Crippen LogP contribution in [0.5, 0.6) is 0 Å². The number of aryl methyl sites for hydroxylation is 3. The van der Waals surface area contributed by atoms with Gasteiger partial charge in [-0.25, -0.2) is 8.97 Å². The lowest BCUT2D eigenvalue weighted by Gasteiger charge is -2.12. The summed E-state index contributed by atoms with van der Waals surface area (Å²) < 4.78 is 3.59. The number of anilines is 1. The fourth-order valence-electron chi connectivity index (χ4n) is 4.60. The van der Waals surface area contributed by atoms with E-state index in [1.54, 1.807) is 40.2 Å². The average molecular weight is 536 g/mol. The molecule has 0 fully saturated rings. The lowest BCUT2D eigenvalue weighted by Crippen LogP contribution is -2.22. The van der Waals surface area contributed by atoms with Gasteiger partial charge in [-0.2, -0.15) is 0 Å². The molecule has 0 radical (unpaired) electrons. The predicted molar refractivity (Wildman–Crippen MR) is 146 cm³/mol. The second-order valence-electron chi connectivity index (χ2n) is 8.83. The molecule has 0 bridgehead atoms. The molecule has 0 saturated carbocycles. The van der Waals surface area contributed by atoms with Gasteiger partial charge in [-0.3, -0.25) is 9.59 Å². The number of halogens is 1. The molecule has 2 aromatic carbocycles. The predicted octanol–water partition coefficient (Wildman–Crippen LogP) is 5.67. The molecule has 0 spiro atoms. The molecule has 3 aromatic heterocycles. The number of rotatable bonds is 5. The third-order valence-corrected chi connectivity index (χ3v) is 8.80. The molecule has 0 saturated heterocycles. The van der Waals surface area contributed by atoms with Crippen LogP contribution in [0, 0.1) is 6.92 Å². The fraction of sp³-hybridized carbons (Fsp3) is 0.231. The minimum atomic E-state index is -0.160. The van der Waals surface area contributed by atoms with Crippen LogP contribution in [0.25, 0.3) is 21.7 Å². The van der Waals surface area contributed by atoms with Gasteiger partial charge < -0.3 is 5.32 Å². The molecule has 36 heavy (non-hydrogen) atoms. The van der Waals surface area contributed by atoms with Crippen molar-refractivity contribution in [1.82, 2.24) is 19.2 Å². The highest BCUT2D eigenvalue weighted by atomic mass is 35.5. The Hall–Kier alpha value is -3.14. The van der Waals surface area contributed by atoms with Gasteiger partial charge in [0.1, 0.15) is 4.83 Å². The van der Waals surface area contributed by atoms with Gasteiger partial charge in [0.2, 0.25) is 11.7 Å². The highest BCUT2D eigenvalue weighted by molar-refractivity contribution is 7.99. The van der Waals surface area contributed by atoms with Gasteiger partial charge in [0.05, 0.1) is 16.8 Å². The van der Waals surface area contributed by atoms with E-state index in [1.165, 1.54) is 16.6 Å². The maximum Gasteiger partial charge on any atom is 0.268 e. The van der Waals surface area contributed by atoms with Gasteiger partial charge in [-0.1, -0.05) is 41.1 Å². The summed E-state index contributed by atoms with van der Waals surface area (Å²) in [7, 11) is 0. The summed E-state index contributed by atoms with van der Waals surface area (Å²) in [6.07, 6.45) is 4.09. The van der Waals surface area contributed by atoms with E-state index in [-0.39, 0.29) is 17.2 Å². The zero-order valence-electron chi connectivity index (χ0n) is 19.5. The summed E-state index contributed by atoms with van der Waals surface area (Å²) >= 11 is 8.89. The van der Waals surface area contributed by atoms with Crippen LogP contribution < -0.4 is 10.9 Å². The maximum atomic E-state index is 13.9. The van der Waals surface area contributed by atoms with Crippen molar-refractivity contribution in [3.05, 3.63) is 79.9 Å². The van der Waals surface area contributed by atoms with Crippen molar-refractivity contribution in [3.8, 4) is 5.69 Å². The number of nitrogens with one attached hydrogen (secondary N) is 1. The number of carbonyl (C=O) groups is 1. The molecular formula is C26H22ClN5O2S2. The van der Waals surface area contributed by atoms with Crippen LogP contribution >= 0.6 is 34.7 Å². The number of nitrogens with zero attached hydrogens (tertiary/aromatic N) is 4. The summed E-state index contributed by atoms with van der Waals surface area (Å²) in [5.41, 5.74) is 3.63.